The highest BCUT2D eigenvalue weighted by atomic mass is 16.1. The third-order valence-corrected chi connectivity index (χ3v) is 1.37. The predicted molar refractivity (Wildman–Crippen MR) is 44.0 cm³/mol. The number of hydrogen-bond acceptors (Lipinski definition) is 1. The zero-order valence-electron chi connectivity index (χ0n) is 6.68. The molecule has 0 aromatic rings. The third-order valence-electron chi connectivity index (χ3n) is 1.37. The number of allylic oxidation sites excluding steroid dienone is 2. The lowest BCUT2D eigenvalue weighted by molar-refractivity contribution is -0.107. The van der Waals surface area contributed by atoms with Crippen LogP contribution >= 0.6 is 0 Å². The van der Waals surface area contributed by atoms with Crippen molar-refractivity contribution in [1.82, 2.24) is 0 Å². The molecule has 0 amide bonds. The second-order valence-electron chi connectivity index (χ2n) is 2.37. The van der Waals surface area contributed by atoms with Crippen molar-refractivity contribution in [3.05, 3.63) is 12.2 Å². The van der Waals surface area contributed by atoms with E-state index in [9.17, 15) is 4.79 Å². The fraction of sp³-hybridized carbons (Fsp3) is 0.667. The SMILES string of the molecule is CCCCC/C=C\CC=O. The summed E-state index contributed by atoms with van der Waals surface area (Å²) in [6.07, 6.45) is 10.5. The summed E-state index contributed by atoms with van der Waals surface area (Å²) in [6, 6.07) is 0. The highest BCUT2D eigenvalue weighted by Gasteiger charge is 1.80. The Morgan fingerprint density at radius 3 is 2.60 bits per heavy atom. The highest BCUT2D eigenvalue weighted by molar-refractivity contribution is 5.51. The molecule has 10 heavy (non-hydrogen) atoms. The summed E-state index contributed by atoms with van der Waals surface area (Å²) >= 11 is 0. The maximum Gasteiger partial charge on any atom is 0.123 e. The summed E-state index contributed by atoms with van der Waals surface area (Å²) in [5.41, 5.74) is 0. The molecule has 0 rings (SSSR count). The first-order valence-corrected chi connectivity index (χ1v) is 4.00. The van der Waals surface area contributed by atoms with Crippen LogP contribution in [0.3, 0.4) is 0 Å². The minimum absolute atomic E-state index is 0.576. The van der Waals surface area contributed by atoms with E-state index in [1.54, 1.807) is 0 Å². The van der Waals surface area contributed by atoms with Gasteiger partial charge in [-0.25, -0.2) is 0 Å². The van der Waals surface area contributed by atoms with Gasteiger partial charge in [-0.15, -0.1) is 0 Å². The number of carbonyl (C=O) groups excluding carboxylic acids is 1. The molecule has 0 unspecified atom stereocenters. The first-order valence-electron chi connectivity index (χ1n) is 4.00. The smallest absolute Gasteiger partial charge is 0.123 e. The Morgan fingerprint density at radius 1 is 1.20 bits per heavy atom. The zero-order chi connectivity index (χ0) is 7.66. The van der Waals surface area contributed by atoms with Crippen molar-refractivity contribution in [2.75, 3.05) is 0 Å². The van der Waals surface area contributed by atoms with Gasteiger partial charge in [-0.05, 0) is 12.8 Å². The van der Waals surface area contributed by atoms with E-state index in [0.29, 0.717) is 6.42 Å². The van der Waals surface area contributed by atoms with Crippen LogP contribution in [0.5, 0.6) is 0 Å². The normalized spacial score (nSPS) is 10.5. The van der Waals surface area contributed by atoms with Crippen LogP contribution in [0.25, 0.3) is 0 Å². The summed E-state index contributed by atoms with van der Waals surface area (Å²) in [6.45, 7) is 2.19. The molecule has 1 heteroatoms. The number of rotatable bonds is 6. The van der Waals surface area contributed by atoms with Crippen molar-refractivity contribution in [2.24, 2.45) is 0 Å². The van der Waals surface area contributed by atoms with Crippen molar-refractivity contribution < 1.29 is 4.79 Å². The molecule has 0 heterocycles. The maximum absolute atomic E-state index is 9.84. The van der Waals surface area contributed by atoms with Crippen LogP contribution in [0, 0.1) is 0 Å². The molecule has 1 nitrogen and oxygen atoms in total. The largest absolute Gasteiger partial charge is 0.303 e. The van der Waals surface area contributed by atoms with Crippen LogP contribution < -0.4 is 0 Å². The van der Waals surface area contributed by atoms with Crippen molar-refractivity contribution in [3.63, 3.8) is 0 Å². The molecule has 0 bridgehead atoms. The van der Waals surface area contributed by atoms with Crippen LogP contribution in [-0.4, -0.2) is 6.29 Å². The summed E-state index contributed by atoms with van der Waals surface area (Å²) in [5, 5.41) is 0. The van der Waals surface area contributed by atoms with Gasteiger partial charge in [-0.3, -0.25) is 0 Å². The van der Waals surface area contributed by atoms with Gasteiger partial charge in [0.05, 0.1) is 0 Å². The minimum Gasteiger partial charge on any atom is -0.303 e. The molecule has 0 atom stereocenters. The lowest BCUT2D eigenvalue weighted by Gasteiger charge is -1.89. The number of hydrogen-bond donors (Lipinski definition) is 0. The summed E-state index contributed by atoms with van der Waals surface area (Å²) < 4.78 is 0. The van der Waals surface area contributed by atoms with Gasteiger partial charge in [0.2, 0.25) is 0 Å². The molecule has 0 aromatic carbocycles. The molecule has 0 saturated heterocycles. The highest BCUT2D eigenvalue weighted by Crippen LogP contribution is 1.99. The monoisotopic (exact) mass is 140 g/mol. The molecular weight excluding hydrogens is 124 g/mol. The first kappa shape index (κ1) is 9.41. The van der Waals surface area contributed by atoms with Crippen LogP contribution in [0.2, 0.25) is 0 Å². The lowest BCUT2D eigenvalue weighted by atomic mass is 10.2. The topological polar surface area (TPSA) is 17.1 Å². The second kappa shape index (κ2) is 8.41. The summed E-state index contributed by atoms with van der Waals surface area (Å²) in [7, 11) is 0. The zero-order valence-corrected chi connectivity index (χ0v) is 6.68. The van der Waals surface area contributed by atoms with Gasteiger partial charge in [0.1, 0.15) is 6.29 Å². The molecule has 0 aliphatic heterocycles. The number of aldehydes is 1. The van der Waals surface area contributed by atoms with E-state index >= 15 is 0 Å². The number of unbranched alkanes of at least 4 members (excludes halogenated alkanes) is 3. The van der Waals surface area contributed by atoms with Gasteiger partial charge in [-0.1, -0.05) is 31.9 Å². The van der Waals surface area contributed by atoms with Gasteiger partial charge in [0.25, 0.3) is 0 Å². The molecule has 0 radical (unpaired) electrons. The van der Waals surface area contributed by atoms with Crippen LogP contribution in [0.15, 0.2) is 12.2 Å². The average Bonchev–Trinajstić information content (AvgIpc) is 1.97. The van der Waals surface area contributed by atoms with E-state index in [0.717, 1.165) is 12.7 Å². The summed E-state index contributed by atoms with van der Waals surface area (Å²) in [5.74, 6) is 0. The van der Waals surface area contributed by atoms with Crippen molar-refractivity contribution >= 4 is 6.29 Å². The van der Waals surface area contributed by atoms with Gasteiger partial charge in [-0.2, -0.15) is 0 Å². The Bertz CT molecular complexity index is 94.9. The van der Waals surface area contributed by atoms with E-state index in [-0.39, 0.29) is 0 Å². The van der Waals surface area contributed by atoms with Crippen molar-refractivity contribution in [2.45, 2.75) is 39.0 Å². The molecule has 0 aliphatic carbocycles. The Kier molecular flexibility index (Phi) is 7.91. The quantitative estimate of drug-likeness (QED) is 0.315. The van der Waals surface area contributed by atoms with E-state index in [1.807, 2.05) is 6.08 Å². The van der Waals surface area contributed by atoms with Gasteiger partial charge >= 0.3 is 0 Å². The number of carbonyl (C=O) groups is 1. The van der Waals surface area contributed by atoms with Gasteiger partial charge in [0.15, 0.2) is 0 Å². The van der Waals surface area contributed by atoms with Crippen molar-refractivity contribution in [1.29, 1.82) is 0 Å². The minimum atomic E-state index is 0.576. The van der Waals surface area contributed by atoms with E-state index in [1.165, 1.54) is 19.3 Å². The Hall–Kier alpha value is -0.590. The molecular formula is C9H16O. The van der Waals surface area contributed by atoms with Crippen LogP contribution in [-0.2, 0) is 4.79 Å². The second-order valence-corrected chi connectivity index (χ2v) is 2.37. The molecule has 0 aromatic heterocycles. The van der Waals surface area contributed by atoms with E-state index < -0.39 is 0 Å². The Balaban J connectivity index is 2.94. The third kappa shape index (κ3) is 7.41. The fourth-order valence-electron chi connectivity index (χ4n) is 0.782. The molecule has 0 aliphatic rings. The molecule has 58 valence electrons. The van der Waals surface area contributed by atoms with Crippen LogP contribution in [0.4, 0.5) is 0 Å². The van der Waals surface area contributed by atoms with Gasteiger partial charge < -0.3 is 4.79 Å². The van der Waals surface area contributed by atoms with Crippen LogP contribution in [0.1, 0.15) is 39.0 Å². The van der Waals surface area contributed by atoms with Gasteiger partial charge in [0, 0.05) is 6.42 Å². The van der Waals surface area contributed by atoms with E-state index in [4.69, 9.17) is 0 Å². The Labute approximate surface area is 63.1 Å². The molecule has 0 saturated carbocycles. The lowest BCUT2D eigenvalue weighted by Crippen LogP contribution is -1.71. The maximum atomic E-state index is 9.84. The summed E-state index contributed by atoms with van der Waals surface area (Å²) in [4.78, 5) is 9.84. The molecule has 0 spiro atoms. The molecule has 0 fully saturated rings. The van der Waals surface area contributed by atoms with Crippen molar-refractivity contribution in [3.8, 4) is 0 Å². The van der Waals surface area contributed by atoms with E-state index in [2.05, 4.69) is 13.0 Å². The average molecular weight is 140 g/mol. The Morgan fingerprint density at radius 2 is 2.00 bits per heavy atom. The fourth-order valence-corrected chi connectivity index (χ4v) is 0.782. The standard InChI is InChI=1S/C9H16O/c1-2-3-4-5-6-7-8-9-10/h6-7,9H,2-5,8H2,1H3/b7-6-. The molecule has 0 N–H and O–H groups in total. The predicted octanol–water partition coefficient (Wildman–Crippen LogP) is 2.71. The first-order chi connectivity index (χ1) is 4.91.